The minimum Gasteiger partial charge on any atom is -0.465 e. The van der Waals surface area contributed by atoms with Crippen molar-refractivity contribution in [3.05, 3.63) is 0 Å². The molecule has 20 heavy (non-hydrogen) atoms. The van der Waals surface area contributed by atoms with Gasteiger partial charge in [-0.25, -0.2) is 0 Å². The minimum atomic E-state index is -0.552. The second-order valence-electron chi connectivity index (χ2n) is 5.57. The van der Waals surface area contributed by atoms with Crippen LogP contribution >= 0.6 is 11.8 Å². The Labute approximate surface area is 129 Å². The quantitative estimate of drug-likeness (QED) is 0.437. The lowest BCUT2D eigenvalue weighted by atomic mass is 9.96. The standard InChI is InChI=1S/C16H33NO2S/c1-6-9-10-12-20-14(4)13-16(5,17-11-7-2)15(18)19-8-3/h14,17H,6-13H2,1-5H3. The molecule has 2 atom stereocenters. The van der Waals surface area contributed by atoms with Crippen LogP contribution in [0.3, 0.4) is 0 Å². The van der Waals surface area contributed by atoms with E-state index in [0.29, 0.717) is 11.9 Å². The molecule has 0 amide bonds. The van der Waals surface area contributed by atoms with Crippen molar-refractivity contribution in [2.75, 3.05) is 18.9 Å². The van der Waals surface area contributed by atoms with Gasteiger partial charge in [0, 0.05) is 5.25 Å². The number of ether oxygens (including phenoxy) is 1. The van der Waals surface area contributed by atoms with Crippen LogP contribution in [0.2, 0.25) is 0 Å². The van der Waals surface area contributed by atoms with E-state index in [2.05, 4.69) is 26.1 Å². The van der Waals surface area contributed by atoms with Crippen LogP contribution in [0.5, 0.6) is 0 Å². The van der Waals surface area contributed by atoms with Crippen molar-refractivity contribution >= 4 is 17.7 Å². The lowest BCUT2D eigenvalue weighted by Gasteiger charge is -2.31. The van der Waals surface area contributed by atoms with Crippen molar-refractivity contribution in [1.29, 1.82) is 0 Å². The second kappa shape index (κ2) is 11.4. The maximum absolute atomic E-state index is 12.2. The maximum Gasteiger partial charge on any atom is 0.326 e. The van der Waals surface area contributed by atoms with Gasteiger partial charge in [0.25, 0.3) is 0 Å². The summed E-state index contributed by atoms with van der Waals surface area (Å²) in [6.07, 6.45) is 5.66. The van der Waals surface area contributed by atoms with Gasteiger partial charge in [0.2, 0.25) is 0 Å². The van der Waals surface area contributed by atoms with E-state index < -0.39 is 5.54 Å². The molecule has 0 saturated heterocycles. The number of carbonyl (C=O) groups excluding carboxylic acids is 1. The molecule has 0 bridgehead atoms. The zero-order valence-corrected chi connectivity index (χ0v) is 14.8. The molecule has 0 radical (unpaired) electrons. The fraction of sp³-hybridized carbons (Fsp3) is 0.938. The molecule has 0 rings (SSSR count). The third kappa shape index (κ3) is 8.15. The van der Waals surface area contributed by atoms with Crippen molar-refractivity contribution in [1.82, 2.24) is 5.32 Å². The number of carbonyl (C=O) groups is 1. The summed E-state index contributed by atoms with van der Waals surface area (Å²) in [6, 6.07) is 0. The SMILES string of the molecule is CCCCCSC(C)CC(C)(NCCC)C(=O)OCC. The van der Waals surface area contributed by atoms with Gasteiger partial charge in [0.1, 0.15) is 5.54 Å². The summed E-state index contributed by atoms with van der Waals surface area (Å²) in [7, 11) is 0. The average molecular weight is 304 g/mol. The van der Waals surface area contributed by atoms with Gasteiger partial charge in [-0.05, 0) is 45.4 Å². The third-order valence-corrected chi connectivity index (χ3v) is 4.60. The van der Waals surface area contributed by atoms with Gasteiger partial charge in [-0.2, -0.15) is 11.8 Å². The van der Waals surface area contributed by atoms with Crippen LogP contribution in [0, 0.1) is 0 Å². The summed E-state index contributed by atoms with van der Waals surface area (Å²) in [5.74, 6) is 1.07. The summed E-state index contributed by atoms with van der Waals surface area (Å²) in [6.45, 7) is 11.7. The predicted molar refractivity (Wildman–Crippen MR) is 89.4 cm³/mol. The monoisotopic (exact) mass is 303 g/mol. The number of esters is 1. The van der Waals surface area contributed by atoms with E-state index in [4.69, 9.17) is 4.74 Å². The summed E-state index contributed by atoms with van der Waals surface area (Å²) < 4.78 is 5.24. The van der Waals surface area contributed by atoms with Gasteiger partial charge in [0.05, 0.1) is 6.61 Å². The normalized spacial score (nSPS) is 15.7. The maximum atomic E-state index is 12.2. The lowest BCUT2D eigenvalue weighted by Crippen LogP contribution is -2.52. The number of rotatable bonds is 12. The number of hydrogen-bond acceptors (Lipinski definition) is 4. The molecule has 0 aromatic rings. The van der Waals surface area contributed by atoms with Gasteiger partial charge in [-0.1, -0.05) is 33.6 Å². The average Bonchev–Trinajstić information content (AvgIpc) is 2.41. The van der Waals surface area contributed by atoms with Crippen LogP contribution in [-0.2, 0) is 9.53 Å². The van der Waals surface area contributed by atoms with E-state index in [1.165, 1.54) is 25.0 Å². The molecule has 0 heterocycles. The molecule has 0 aromatic heterocycles. The Bertz CT molecular complexity index is 261. The van der Waals surface area contributed by atoms with Gasteiger partial charge in [-0.15, -0.1) is 0 Å². The lowest BCUT2D eigenvalue weighted by molar-refractivity contribution is -0.150. The fourth-order valence-electron chi connectivity index (χ4n) is 2.19. The van der Waals surface area contributed by atoms with Crippen LogP contribution in [0.15, 0.2) is 0 Å². The smallest absolute Gasteiger partial charge is 0.326 e. The van der Waals surface area contributed by atoms with Crippen molar-refractivity contribution < 1.29 is 9.53 Å². The highest BCUT2D eigenvalue weighted by atomic mass is 32.2. The van der Waals surface area contributed by atoms with Crippen molar-refractivity contribution in [3.8, 4) is 0 Å². The van der Waals surface area contributed by atoms with E-state index in [-0.39, 0.29) is 5.97 Å². The van der Waals surface area contributed by atoms with Gasteiger partial charge in [0.15, 0.2) is 0 Å². The Morgan fingerprint density at radius 3 is 2.50 bits per heavy atom. The molecule has 2 unspecified atom stereocenters. The number of unbranched alkanes of at least 4 members (excludes halogenated alkanes) is 2. The van der Waals surface area contributed by atoms with E-state index in [0.717, 1.165) is 19.4 Å². The van der Waals surface area contributed by atoms with Crippen LogP contribution in [0.4, 0.5) is 0 Å². The third-order valence-electron chi connectivity index (χ3n) is 3.34. The molecule has 0 aliphatic heterocycles. The Kier molecular flexibility index (Phi) is 11.3. The fourth-order valence-corrected chi connectivity index (χ4v) is 3.41. The number of thioether (sulfide) groups is 1. The first-order valence-electron chi connectivity index (χ1n) is 8.04. The Balaban J connectivity index is 4.35. The molecule has 120 valence electrons. The molecule has 4 heteroatoms. The van der Waals surface area contributed by atoms with Crippen LogP contribution in [-0.4, -0.2) is 35.7 Å². The van der Waals surface area contributed by atoms with E-state index in [1.54, 1.807) is 0 Å². The number of hydrogen-bond donors (Lipinski definition) is 1. The molecule has 1 N–H and O–H groups in total. The zero-order chi connectivity index (χ0) is 15.4. The van der Waals surface area contributed by atoms with Crippen molar-refractivity contribution in [3.63, 3.8) is 0 Å². The molecule has 0 fully saturated rings. The first-order chi connectivity index (χ1) is 9.50. The molecule has 3 nitrogen and oxygen atoms in total. The Morgan fingerprint density at radius 2 is 1.95 bits per heavy atom. The molecular weight excluding hydrogens is 270 g/mol. The van der Waals surface area contributed by atoms with Crippen molar-refractivity contribution in [2.45, 2.75) is 77.5 Å². The van der Waals surface area contributed by atoms with Crippen LogP contribution < -0.4 is 5.32 Å². The highest BCUT2D eigenvalue weighted by Crippen LogP contribution is 2.24. The zero-order valence-electron chi connectivity index (χ0n) is 14.0. The molecule has 0 aromatic carbocycles. The van der Waals surface area contributed by atoms with Crippen LogP contribution in [0.25, 0.3) is 0 Å². The van der Waals surface area contributed by atoms with E-state index in [9.17, 15) is 4.79 Å². The van der Waals surface area contributed by atoms with Gasteiger partial charge in [-0.3, -0.25) is 4.79 Å². The van der Waals surface area contributed by atoms with E-state index in [1.807, 2.05) is 25.6 Å². The molecule has 0 aliphatic carbocycles. The molecular formula is C16H33NO2S. The van der Waals surface area contributed by atoms with Gasteiger partial charge >= 0.3 is 5.97 Å². The van der Waals surface area contributed by atoms with E-state index >= 15 is 0 Å². The molecule has 0 saturated carbocycles. The first-order valence-corrected chi connectivity index (χ1v) is 9.08. The summed E-state index contributed by atoms with van der Waals surface area (Å²) in [5, 5.41) is 3.84. The minimum absolute atomic E-state index is 0.116. The number of nitrogens with one attached hydrogen (secondary N) is 1. The van der Waals surface area contributed by atoms with Gasteiger partial charge < -0.3 is 10.1 Å². The first kappa shape index (κ1) is 19.8. The summed E-state index contributed by atoms with van der Waals surface area (Å²) in [4.78, 5) is 12.2. The summed E-state index contributed by atoms with van der Waals surface area (Å²) >= 11 is 1.96. The largest absolute Gasteiger partial charge is 0.465 e. The topological polar surface area (TPSA) is 38.3 Å². The molecule has 0 spiro atoms. The highest BCUT2D eigenvalue weighted by Gasteiger charge is 2.35. The molecule has 0 aliphatic rings. The second-order valence-corrected chi connectivity index (χ2v) is 7.12. The Hall–Kier alpha value is -0.220. The van der Waals surface area contributed by atoms with Crippen molar-refractivity contribution in [2.24, 2.45) is 0 Å². The van der Waals surface area contributed by atoms with Crippen LogP contribution in [0.1, 0.15) is 66.7 Å². The Morgan fingerprint density at radius 1 is 1.25 bits per heavy atom. The predicted octanol–water partition coefficient (Wildman–Crippen LogP) is 4.01. The summed E-state index contributed by atoms with van der Waals surface area (Å²) in [5.41, 5.74) is -0.552. The highest BCUT2D eigenvalue weighted by molar-refractivity contribution is 7.99.